The van der Waals surface area contributed by atoms with Gasteiger partial charge in [-0.3, -0.25) is 0 Å². The van der Waals surface area contributed by atoms with E-state index in [4.69, 9.17) is 19.7 Å². The Labute approximate surface area is 119 Å². The van der Waals surface area contributed by atoms with Crippen LogP contribution in [-0.2, 0) is 9.47 Å². The Morgan fingerprint density at radius 3 is 1.74 bits per heavy atom. The lowest BCUT2D eigenvalue weighted by Crippen LogP contribution is -2.34. The number of hydrogen-bond donors (Lipinski definition) is 2. The highest BCUT2D eigenvalue weighted by Gasteiger charge is 2.27. The van der Waals surface area contributed by atoms with Gasteiger partial charge in [0.05, 0.1) is 37.6 Å². The Hall–Kier alpha value is -0.160. The molecule has 19 heavy (non-hydrogen) atoms. The van der Waals surface area contributed by atoms with E-state index in [1.165, 1.54) is 0 Å². The zero-order valence-corrected chi connectivity index (χ0v) is 13.7. The van der Waals surface area contributed by atoms with Crippen molar-refractivity contribution in [2.75, 3.05) is 26.4 Å². The summed E-state index contributed by atoms with van der Waals surface area (Å²) in [7, 11) is 0. The van der Waals surface area contributed by atoms with E-state index in [1.54, 1.807) is 0 Å². The first-order valence-electron chi connectivity index (χ1n) is 7.39. The van der Waals surface area contributed by atoms with E-state index in [1.807, 2.05) is 27.7 Å². The topological polar surface area (TPSA) is 58.9 Å². The van der Waals surface area contributed by atoms with Crippen LogP contribution in [0.1, 0.15) is 60.8 Å². The van der Waals surface area contributed by atoms with E-state index in [-0.39, 0.29) is 24.4 Å². The second kappa shape index (κ2) is 11.6. The molecule has 0 aliphatic carbocycles. The molecule has 0 aliphatic heterocycles. The highest BCUT2D eigenvalue weighted by Crippen LogP contribution is 2.27. The lowest BCUT2D eigenvalue weighted by molar-refractivity contribution is -0.0834. The highest BCUT2D eigenvalue weighted by molar-refractivity contribution is 4.79. The molecule has 0 saturated heterocycles. The zero-order chi connectivity index (χ0) is 15.4. The average Bonchev–Trinajstić information content (AvgIpc) is 2.43. The van der Waals surface area contributed by atoms with E-state index in [0.717, 1.165) is 19.3 Å². The van der Waals surface area contributed by atoms with Gasteiger partial charge in [-0.25, -0.2) is 0 Å². The molecule has 0 aromatic heterocycles. The predicted molar refractivity (Wildman–Crippen MR) is 79.4 cm³/mol. The number of aliphatic hydroxyl groups is 2. The van der Waals surface area contributed by atoms with Gasteiger partial charge in [-0.2, -0.15) is 0 Å². The van der Waals surface area contributed by atoms with Gasteiger partial charge >= 0.3 is 0 Å². The Bertz CT molecular complexity index is 195. The average molecular weight is 278 g/mol. The molecule has 1 unspecified atom stereocenters. The van der Waals surface area contributed by atoms with E-state index in [9.17, 15) is 0 Å². The second-order valence-electron chi connectivity index (χ2n) is 5.21. The first-order chi connectivity index (χ1) is 8.89. The van der Waals surface area contributed by atoms with Crippen LogP contribution in [0.15, 0.2) is 0 Å². The highest BCUT2D eigenvalue weighted by atomic mass is 16.5. The van der Waals surface area contributed by atoms with Crippen LogP contribution < -0.4 is 0 Å². The molecule has 0 rings (SSSR count). The number of hydrogen-bond acceptors (Lipinski definition) is 4. The third-order valence-electron chi connectivity index (χ3n) is 3.13. The van der Waals surface area contributed by atoms with Gasteiger partial charge < -0.3 is 19.7 Å². The maximum atomic E-state index is 8.79. The third-order valence-corrected chi connectivity index (χ3v) is 3.13. The van der Waals surface area contributed by atoms with Crippen molar-refractivity contribution in [3.63, 3.8) is 0 Å². The van der Waals surface area contributed by atoms with Crippen molar-refractivity contribution >= 4 is 0 Å². The van der Waals surface area contributed by atoms with Crippen molar-refractivity contribution in [2.24, 2.45) is 0 Å². The fourth-order valence-corrected chi connectivity index (χ4v) is 1.60. The van der Waals surface area contributed by atoms with Crippen LogP contribution in [0.5, 0.6) is 0 Å². The molecule has 118 valence electrons. The van der Waals surface area contributed by atoms with Gasteiger partial charge in [-0.05, 0) is 40.0 Å². The van der Waals surface area contributed by atoms with Crippen molar-refractivity contribution in [1.82, 2.24) is 0 Å². The first-order valence-corrected chi connectivity index (χ1v) is 7.39. The third kappa shape index (κ3) is 11.4. The van der Waals surface area contributed by atoms with Gasteiger partial charge in [0.2, 0.25) is 0 Å². The molecule has 0 aromatic rings. The minimum Gasteiger partial charge on any atom is -0.394 e. The quantitative estimate of drug-likeness (QED) is 0.645. The Morgan fingerprint density at radius 2 is 1.32 bits per heavy atom. The summed E-state index contributed by atoms with van der Waals surface area (Å²) >= 11 is 0. The largest absolute Gasteiger partial charge is 0.394 e. The van der Waals surface area contributed by atoms with Gasteiger partial charge in [-0.1, -0.05) is 20.8 Å². The molecule has 1 atom stereocenters. The van der Waals surface area contributed by atoms with Crippen molar-refractivity contribution in [3.05, 3.63) is 0 Å². The standard InChI is InChI=1S/C13H28O4.C2H6/c1-5-13(4,17-11-9-15)7-6-12(2,3)16-10-8-14;1-2/h14-15H,5-11H2,1-4H3;1-2H3. The molecule has 4 nitrogen and oxygen atoms in total. The van der Waals surface area contributed by atoms with Crippen molar-refractivity contribution in [2.45, 2.75) is 72.0 Å². The summed E-state index contributed by atoms with van der Waals surface area (Å²) in [6.07, 6.45) is 2.65. The molecule has 0 aliphatic rings. The Morgan fingerprint density at radius 1 is 0.842 bits per heavy atom. The van der Waals surface area contributed by atoms with Crippen molar-refractivity contribution < 1.29 is 19.7 Å². The molecule has 0 amide bonds. The SMILES string of the molecule is CC.CCC(C)(CCC(C)(C)OCCO)OCCO. The first kappa shape index (κ1) is 21.1. The van der Waals surface area contributed by atoms with Gasteiger partial charge in [0.25, 0.3) is 0 Å². The molecule has 0 heterocycles. The van der Waals surface area contributed by atoms with Crippen LogP contribution in [0.4, 0.5) is 0 Å². The molecule has 0 radical (unpaired) electrons. The molecule has 0 bridgehead atoms. The minimum absolute atomic E-state index is 0.0511. The van der Waals surface area contributed by atoms with Gasteiger partial charge in [-0.15, -0.1) is 0 Å². The van der Waals surface area contributed by atoms with Crippen LogP contribution in [-0.4, -0.2) is 47.8 Å². The minimum atomic E-state index is -0.248. The van der Waals surface area contributed by atoms with E-state index in [2.05, 4.69) is 13.8 Å². The smallest absolute Gasteiger partial charge is 0.0705 e. The molecular formula is C15H34O4. The van der Waals surface area contributed by atoms with Crippen LogP contribution in [0.3, 0.4) is 0 Å². The predicted octanol–water partition coefficient (Wildman–Crippen LogP) is 2.76. The molecule has 0 fully saturated rings. The number of rotatable bonds is 10. The second-order valence-corrected chi connectivity index (χ2v) is 5.21. The Balaban J connectivity index is 0. The normalized spacial score (nSPS) is 14.5. The van der Waals surface area contributed by atoms with Crippen LogP contribution in [0.2, 0.25) is 0 Å². The lowest BCUT2D eigenvalue weighted by atomic mass is 9.90. The number of aliphatic hydroxyl groups excluding tert-OH is 2. The molecule has 4 heteroatoms. The monoisotopic (exact) mass is 278 g/mol. The lowest BCUT2D eigenvalue weighted by Gasteiger charge is -2.33. The van der Waals surface area contributed by atoms with E-state index >= 15 is 0 Å². The summed E-state index contributed by atoms with van der Waals surface area (Å²) in [5.74, 6) is 0. The van der Waals surface area contributed by atoms with Crippen LogP contribution in [0.25, 0.3) is 0 Å². The summed E-state index contributed by atoms with van der Waals surface area (Å²) < 4.78 is 11.2. The molecule has 0 saturated carbocycles. The van der Waals surface area contributed by atoms with Crippen molar-refractivity contribution in [1.29, 1.82) is 0 Å². The molecular weight excluding hydrogens is 244 g/mol. The molecule has 0 spiro atoms. The summed E-state index contributed by atoms with van der Waals surface area (Å²) in [5.41, 5.74) is -0.454. The summed E-state index contributed by atoms with van der Waals surface area (Å²) in [6, 6.07) is 0. The summed E-state index contributed by atoms with van der Waals surface area (Å²) in [5, 5.41) is 17.5. The van der Waals surface area contributed by atoms with E-state index in [0.29, 0.717) is 13.2 Å². The van der Waals surface area contributed by atoms with E-state index < -0.39 is 0 Å². The fraction of sp³-hybridized carbons (Fsp3) is 1.00. The van der Waals surface area contributed by atoms with Gasteiger partial charge in [0.15, 0.2) is 0 Å². The summed E-state index contributed by atoms with van der Waals surface area (Å²) in [6.45, 7) is 13.0. The van der Waals surface area contributed by atoms with Crippen LogP contribution in [0, 0.1) is 0 Å². The van der Waals surface area contributed by atoms with Gasteiger partial charge in [0, 0.05) is 0 Å². The maximum absolute atomic E-state index is 8.79. The molecule has 0 aromatic carbocycles. The Kier molecular flexibility index (Phi) is 13.0. The van der Waals surface area contributed by atoms with Crippen LogP contribution >= 0.6 is 0 Å². The maximum Gasteiger partial charge on any atom is 0.0705 e. The molecule has 2 N–H and O–H groups in total. The fourth-order valence-electron chi connectivity index (χ4n) is 1.60. The zero-order valence-electron chi connectivity index (χ0n) is 13.7. The number of ether oxygens (including phenoxy) is 2. The van der Waals surface area contributed by atoms with Crippen molar-refractivity contribution in [3.8, 4) is 0 Å². The summed E-state index contributed by atoms with van der Waals surface area (Å²) in [4.78, 5) is 0. The van der Waals surface area contributed by atoms with Gasteiger partial charge in [0.1, 0.15) is 0 Å².